The van der Waals surface area contributed by atoms with Crippen LogP contribution in [0.1, 0.15) is 27.7 Å². The molecule has 0 saturated carbocycles. The Morgan fingerprint density at radius 3 is 1.14 bits per heavy atom. The Labute approximate surface area is 85.0 Å². The predicted molar refractivity (Wildman–Crippen MR) is 52.2 cm³/mol. The molecule has 0 bridgehead atoms. The van der Waals surface area contributed by atoms with Crippen molar-refractivity contribution in [1.82, 2.24) is 0 Å². The third-order valence-electron chi connectivity index (χ3n) is 2.68. The number of quaternary nitrogens is 1. The van der Waals surface area contributed by atoms with E-state index < -0.39 is 7.99 Å². The van der Waals surface area contributed by atoms with Crippen LogP contribution in [0.15, 0.2) is 0 Å². The molecule has 0 spiro atoms. The first-order chi connectivity index (χ1) is 6.24. The maximum absolute atomic E-state index is 10.0. The second kappa shape index (κ2) is 7.32. The van der Waals surface area contributed by atoms with Gasteiger partial charge in [0.1, 0.15) is 0 Å². The maximum atomic E-state index is 10.0. The van der Waals surface area contributed by atoms with Crippen molar-refractivity contribution in [3.63, 3.8) is 0 Å². The van der Waals surface area contributed by atoms with Crippen molar-refractivity contribution in [2.75, 3.05) is 26.2 Å². The average Bonchev–Trinajstić information content (AvgIpc) is 2.07. The van der Waals surface area contributed by atoms with Gasteiger partial charge in [0, 0.05) is 0 Å². The lowest BCUT2D eigenvalue weighted by atomic mass is 10.3. The standard InChI is InChI=1S/C8H20N.F2HO2P/c1-5-9(6-2,7-3)8-4;1-5(2,3)4/h5-8H2,1-4H3;(H,3,4)/q+1;/p-1. The van der Waals surface area contributed by atoms with Gasteiger partial charge in [0.05, 0.1) is 26.2 Å². The van der Waals surface area contributed by atoms with Crippen LogP contribution in [0.2, 0.25) is 0 Å². The zero-order chi connectivity index (χ0) is 11.8. The maximum Gasteiger partial charge on any atom is 0.345 e. The summed E-state index contributed by atoms with van der Waals surface area (Å²) in [4.78, 5) is 8.33. The molecular formula is C8H20F2NO2P. The van der Waals surface area contributed by atoms with Crippen LogP contribution < -0.4 is 4.89 Å². The molecule has 0 heterocycles. The molecule has 0 atom stereocenters. The van der Waals surface area contributed by atoms with E-state index in [4.69, 9.17) is 9.46 Å². The first-order valence-electron chi connectivity index (χ1n) is 4.80. The Hall–Kier alpha value is 0.01000. The Kier molecular flexibility index (Phi) is 8.60. The second-order valence-corrected chi connectivity index (χ2v) is 3.85. The van der Waals surface area contributed by atoms with Gasteiger partial charge in [0.2, 0.25) is 0 Å². The second-order valence-electron chi connectivity index (χ2n) is 3.02. The molecule has 6 heteroatoms. The molecule has 88 valence electrons. The van der Waals surface area contributed by atoms with E-state index in [9.17, 15) is 8.39 Å². The minimum Gasteiger partial charge on any atom is -0.749 e. The normalized spacial score (nSPS) is 11.9. The lowest BCUT2D eigenvalue weighted by Crippen LogP contribution is -2.47. The number of nitrogens with zero attached hydrogens (tertiary/aromatic N) is 1. The van der Waals surface area contributed by atoms with Gasteiger partial charge in [-0.1, -0.05) is 0 Å². The largest absolute Gasteiger partial charge is 0.749 e. The van der Waals surface area contributed by atoms with Crippen molar-refractivity contribution in [2.24, 2.45) is 0 Å². The molecule has 0 aromatic heterocycles. The highest BCUT2D eigenvalue weighted by molar-refractivity contribution is 7.44. The summed E-state index contributed by atoms with van der Waals surface area (Å²) >= 11 is 0. The van der Waals surface area contributed by atoms with Crippen molar-refractivity contribution in [3.05, 3.63) is 0 Å². The van der Waals surface area contributed by atoms with E-state index in [1.165, 1.54) is 30.7 Å². The molecule has 0 aromatic carbocycles. The molecule has 0 N–H and O–H groups in total. The zero-order valence-electron chi connectivity index (χ0n) is 9.30. The topological polar surface area (TPSA) is 40.1 Å². The smallest absolute Gasteiger partial charge is 0.345 e. The molecule has 0 unspecified atom stereocenters. The molecule has 0 aliphatic carbocycles. The number of hydrogen-bond donors (Lipinski definition) is 0. The van der Waals surface area contributed by atoms with Gasteiger partial charge in [-0.2, -0.15) is 8.39 Å². The Bertz CT molecular complexity index is 154. The highest BCUT2D eigenvalue weighted by Gasteiger charge is 2.16. The van der Waals surface area contributed by atoms with Crippen LogP contribution >= 0.6 is 7.99 Å². The fourth-order valence-corrected chi connectivity index (χ4v) is 1.34. The lowest BCUT2D eigenvalue weighted by Gasteiger charge is -2.34. The summed E-state index contributed by atoms with van der Waals surface area (Å²) in [5.41, 5.74) is 0. The molecule has 0 rings (SSSR count). The predicted octanol–water partition coefficient (Wildman–Crippen LogP) is 2.28. The van der Waals surface area contributed by atoms with E-state index in [1.54, 1.807) is 0 Å². The summed E-state index contributed by atoms with van der Waals surface area (Å²) in [5, 5.41) is 0. The Morgan fingerprint density at radius 2 is 1.14 bits per heavy atom. The first kappa shape index (κ1) is 16.4. The molecule has 14 heavy (non-hydrogen) atoms. The van der Waals surface area contributed by atoms with Crippen LogP contribution in [0.25, 0.3) is 0 Å². The third-order valence-corrected chi connectivity index (χ3v) is 2.68. The summed E-state index contributed by atoms with van der Waals surface area (Å²) in [6.45, 7) is 14.2. The highest BCUT2D eigenvalue weighted by Crippen LogP contribution is 2.37. The van der Waals surface area contributed by atoms with Crippen molar-refractivity contribution in [2.45, 2.75) is 27.7 Å². The van der Waals surface area contributed by atoms with Crippen molar-refractivity contribution in [1.29, 1.82) is 0 Å². The Balaban J connectivity index is 0. The summed E-state index contributed by atoms with van der Waals surface area (Å²) in [6.07, 6.45) is 0. The molecule has 0 amide bonds. The fraction of sp³-hybridized carbons (Fsp3) is 1.00. The van der Waals surface area contributed by atoms with E-state index in [0.29, 0.717) is 0 Å². The summed E-state index contributed by atoms with van der Waals surface area (Å²) in [5.74, 6) is 0. The fourth-order valence-electron chi connectivity index (χ4n) is 1.34. The van der Waals surface area contributed by atoms with E-state index in [-0.39, 0.29) is 0 Å². The van der Waals surface area contributed by atoms with Gasteiger partial charge in [-0.15, -0.1) is 0 Å². The number of hydrogen-bond acceptors (Lipinski definition) is 2. The van der Waals surface area contributed by atoms with Crippen LogP contribution in [-0.2, 0) is 4.57 Å². The number of halogens is 2. The van der Waals surface area contributed by atoms with Gasteiger partial charge in [-0.25, -0.2) is 0 Å². The summed E-state index contributed by atoms with van der Waals surface area (Å²) < 4.78 is 29.6. The number of rotatable bonds is 4. The quantitative estimate of drug-likeness (QED) is 0.550. The van der Waals surface area contributed by atoms with Gasteiger partial charge < -0.3 is 9.38 Å². The van der Waals surface area contributed by atoms with Gasteiger partial charge in [-0.3, -0.25) is 4.57 Å². The lowest BCUT2D eigenvalue weighted by molar-refractivity contribution is -0.921. The molecule has 0 saturated heterocycles. The monoisotopic (exact) mass is 231 g/mol. The summed E-state index contributed by atoms with van der Waals surface area (Å²) in [6, 6.07) is 0. The highest BCUT2D eigenvalue weighted by atomic mass is 31.2. The third kappa shape index (κ3) is 10.1. The van der Waals surface area contributed by atoms with Crippen molar-refractivity contribution >= 4 is 7.99 Å². The SMILES string of the molecule is CC[N+](CC)(CC)CC.O=P([O-])(F)F. The average molecular weight is 231 g/mol. The molecule has 3 nitrogen and oxygen atoms in total. The van der Waals surface area contributed by atoms with Gasteiger partial charge in [-0.05, 0) is 27.7 Å². The van der Waals surface area contributed by atoms with E-state index in [0.717, 1.165) is 0 Å². The van der Waals surface area contributed by atoms with Crippen molar-refractivity contribution < 1.29 is 22.3 Å². The molecule has 0 fully saturated rings. The molecular weight excluding hydrogens is 211 g/mol. The van der Waals surface area contributed by atoms with E-state index >= 15 is 0 Å². The molecule has 0 aromatic rings. The molecule has 0 radical (unpaired) electrons. The van der Waals surface area contributed by atoms with Gasteiger partial charge in [0.15, 0.2) is 0 Å². The molecule has 0 aliphatic rings. The van der Waals surface area contributed by atoms with E-state index in [2.05, 4.69) is 27.7 Å². The molecule has 0 aliphatic heterocycles. The zero-order valence-corrected chi connectivity index (χ0v) is 10.2. The minimum atomic E-state index is -5.89. The Morgan fingerprint density at radius 1 is 1.00 bits per heavy atom. The van der Waals surface area contributed by atoms with Gasteiger partial charge in [0.25, 0.3) is 0 Å². The van der Waals surface area contributed by atoms with Crippen LogP contribution in [0.5, 0.6) is 0 Å². The summed E-state index contributed by atoms with van der Waals surface area (Å²) in [7, 11) is -5.89. The van der Waals surface area contributed by atoms with Gasteiger partial charge >= 0.3 is 7.99 Å². The van der Waals surface area contributed by atoms with Crippen LogP contribution in [0.4, 0.5) is 8.39 Å². The first-order valence-corrected chi connectivity index (χ1v) is 6.20. The van der Waals surface area contributed by atoms with Crippen LogP contribution in [0.3, 0.4) is 0 Å². The van der Waals surface area contributed by atoms with E-state index in [1.807, 2.05) is 0 Å². The van der Waals surface area contributed by atoms with Crippen LogP contribution in [-0.4, -0.2) is 30.7 Å². The van der Waals surface area contributed by atoms with Crippen LogP contribution in [0, 0.1) is 0 Å². The van der Waals surface area contributed by atoms with Crippen molar-refractivity contribution in [3.8, 4) is 0 Å². The minimum absolute atomic E-state index is 1.28.